The van der Waals surface area contributed by atoms with Gasteiger partial charge in [-0.15, -0.1) is 11.3 Å². The Labute approximate surface area is 129 Å². The molecule has 0 aliphatic rings. The van der Waals surface area contributed by atoms with Crippen LogP contribution in [0.2, 0.25) is 0 Å². The average Bonchev–Trinajstić information content (AvgIpc) is 2.91. The topological polar surface area (TPSA) is 22.1 Å². The lowest BCUT2D eigenvalue weighted by Crippen LogP contribution is -1.91. The smallest absolute Gasteiger partial charge is 0.119 e. The van der Waals surface area contributed by atoms with Gasteiger partial charge in [-0.05, 0) is 43.7 Å². The monoisotopic (exact) mass is 295 g/mol. The molecule has 2 nitrogen and oxygen atoms in total. The second-order valence-corrected chi connectivity index (χ2v) is 5.94. The molecule has 0 atom stereocenters. The maximum atomic E-state index is 5.50. The van der Waals surface area contributed by atoms with E-state index in [0.717, 1.165) is 22.0 Å². The van der Waals surface area contributed by atoms with E-state index in [2.05, 4.69) is 43.3 Å². The van der Waals surface area contributed by atoms with Crippen molar-refractivity contribution >= 4 is 11.3 Å². The third-order valence-corrected chi connectivity index (χ3v) is 4.23. The van der Waals surface area contributed by atoms with E-state index in [9.17, 15) is 0 Å². The summed E-state index contributed by atoms with van der Waals surface area (Å²) in [6.45, 7) is 4.73. The van der Waals surface area contributed by atoms with Crippen molar-refractivity contribution in [3.63, 3.8) is 0 Å². The summed E-state index contributed by atoms with van der Waals surface area (Å²) in [5.74, 6) is 0.898. The van der Waals surface area contributed by atoms with Crippen molar-refractivity contribution < 1.29 is 4.74 Å². The standard InChI is InChI=1S/C18H17NOS/c1-3-20-16-11-9-14(10-12-16)17-18(21-13(2)19-17)15-7-5-4-6-8-15/h4-12H,3H2,1-2H3. The first-order valence-electron chi connectivity index (χ1n) is 7.04. The van der Waals surface area contributed by atoms with Crippen molar-refractivity contribution in [1.82, 2.24) is 4.98 Å². The lowest BCUT2D eigenvalue weighted by Gasteiger charge is -2.05. The van der Waals surface area contributed by atoms with Crippen LogP contribution >= 0.6 is 11.3 Å². The number of aryl methyl sites for hydroxylation is 1. The summed E-state index contributed by atoms with van der Waals surface area (Å²) in [6, 6.07) is 18.6. The van der Waals surface area contributed by atoms with Crippen LogP contribution in [0.15, 0.2) is 54.6 Å². The fraction of sp³-hybridized carbons (Fsp3) is 0.167. The minimum atomic E-state index is 0.685. The summed E-state index contributed by atoms with van der Waals surface area (Å²) >= 11 is 1.73. The zero-order valence-corrected chi connectivity index (χ0v) is 13.0. The van der Waals surface area contributed by atoms with Gasteiger partial charge in [0.05, 0.1) is 22.2 Å². The number of hydrogen-bond acceptors (Lipinski definition) is 3. The molecule has 0 fully saturated rings. The molecule has 1 heterocycles. The lowest BCUT2D eigenvalue weighted by molar-refractivity contribution is 0.340. The Morgan fingerprint density at radius 2 is 1.67 bits per heavy atom. The van der Waals surface area contributed by atoms with Gasteiger partial charge in [-0.1, -0.05) is 30.3 Å². The summed E-state index contributed by atoms with van der Waals surface area (Å²) in [5, 5.41) is 1.08. The molecule has 0 spiro atoms. The van der Waals surface area contributed by atoms with E-state index in [4.69, 9.17) is 9.72 Å². The van der Waals surface area contributed by atoms with E-state index in [1.165, 1.54) is 10.4 Å². The number of benzene rings is 2. The van der Waals surface area contributed by atoms with Gasteiger partial charge < -0.3 is 4.74 Å². The molecule has 0 aliphatic heterocycles. The predicted octanol–water partition coefficient (Wildman–Crippen LogP) is 5.18. The molecule has 3 heteroatoms. The van der Waals surface area contributed by atoms with Crippen LogP contribution in [-0.4, -0.2) is 11.6 Å². The van der Waals surface area contributed by atoms with Crippen molar-refractivity contribution in [2.24, 2.45) is 0 Å². The van der Waals surface area contributed by atoms with E-state index in [1.54, 1.807) is 11.3 Å². The molecule has 0 amide bonds. The molecular formula is C18H17NOS. The molecule has 2 aromatic carbocycles. The van der Waals surface area contributed by atoms with Crippen LogP contribution in [0.1, 0.15) is 11.9 Å². The molecule has 3 aromatic rings. The maximum Gasteiger partial charge on any atom is 0.119 e. The first-order valence-corrected chi connectivity index (χ1v) is 7.85. The molecule has 0 bridgehead atoms. The Kier molecular flexibility index (Phi) is 4.02. The Hall–Kier alpha value is -2.13. The molecule has 0 saturated heterocycles. The van der Waals surface area contributed by atoms with Gasteiger partial charge in [-0.3, -0.25) is 0 Å². The number of aromatic nitrogens is 1. The fourth-order valence-corrected chi connectivity index (χ4v) is 3.23. The number of thiazole rings is 1. The maximum absolute atomic E-state index is 5.50. The first kappa shape index (κ1) is 13.8. The summed E-state index contributed by atoms with van der Waals surface area (Å²) in [5.41, 5.74) is 3.39. The average molecular weight is 295 g/mol. The number of ether oxygens (including phenoxy) is 1. The van der Waals surface area contributed by atoms with E-state index in [0.29, 0.717) is 6.61 Å². The third kappa shape index (κ3) is 2.98. The van der Waals surface area contributed by atoms with Gasteiger partial charge in [0.2, 0.25) is 0 Å². The summed E-state index contributed by atoms with van der Waals surface area (Å²) in [7, 11) is 0. The zero-order valence-electron chi connectivity index (χ0n) is 12.2. The summed E-state index contributed by atoms with van der Waals surface area (Å²) in [4.78, 5) is 5.93. The third-order valence-electron chi connectivity index (χ3n) is 3.21. The van der Waals surface area contributed by atoms with E-state index >= 15 is 0 Å². The fourth-order valence-electron chi connectivity index (χ4n) is 2.28. The zero-order chi connectivity index (χ0) is 14.7. The molecule has 0 aliphatic carbocycles. The van der Waals surface area contributed by atoms with Crippen LogP contribution in [0.4, 0.5) is 0 Å². The van der Waals surface area contributed by atoms with E-state index in [1.807, 2.05) is 25.1 Å². The second kappa shape index (κ2) is 6.10. The Bertz CT molecular complexity index is 717. The van der Waals surface area contributed by atoms with Crippen LogP contribution in [0.25, 0.3) is 21.7 Å². The number of nitrogens with zero attached hydrogens (tertiary/aromatic N) is 1. The van der Waals surface area contributed by atoms with Gasteiger partial charge in [0.1, 0.15) is 5.75 Å². The van der Waals surface area contributed by atoms with Gasteiger partial charge >= 0.3 is 0 Å². The molecule has 0 unspecified atom stereocenters. The van der Waals surface area contributed by atoms with Gasteiger partial charge in [0, 0.05) is 5.56 Å². The lowest BCUT2D eigenvalue weighted by atomic mass is 10.1. The second-order valence-electron chi connectivity index (χ2n) is 4.73. The normalized spacial score (nSPS) is 10.6. The highest BCUT2D eigenvalue weighted by Crippen LogP contribution is 2.36. The molecule has 1 aromatic heterocycles. The van der Waals surface area contributed by atoms with Gasteiger partial charge in [-0.2, -0.15) is 0 Å². The summed E-state index contributed by atoms with van der Waals surface area (Å²) < 4.78 is 5.50. The number of hydrogen-bond donors (Lipinski definition) is 0. The molecular weight excluding hydrogens is 278 g/mol. The van der Waals surface area contributed by atoms with Crippen molar-refractivity contribution in [3.8, 4) is 27.4 Å². The van der Waals surface area contributed by atoms with E-state index in [-0.39, 0.29) is 0 Å². The highest BCUT2D eigenvalue weighted by atomic mass is 32.1. The molecule has 0 N–H and O–H groups in total. The van der Waals surface area contributed by atoms with Gasteiger partial charge in [0.25, 0.3) is 0 Å². The van der Waals surface area contributed by atoms with E-state index < -0.39 is 0 Å². The van der Waals surface area contributed by atoms with Crippen LogP contribution in [-0.2, 0) is 0 Å². The SMILES string of the molecule is CCOc1ccc(-c2nc(C)sc2-c2ccccc2)cc1. The minimum Gasteiger partial charge on any atom is -0.494 e. The summed E-state index contributed by atoms with van der Waals surface area (Å²) in [6.07, 6.45) is 0. The molecule has 21 heavy (non-hydrogen) atoms. The Balaban J connectivity index is 2.02. The first-order chi connectivity index (χ1) is 10.3. The van der Waals surface area contributed by atoms with Crippen molar-refractivity contribution in [2.75, 3.05) is 6.61 Å². The Morgan fingerprint density at radius 3 is 2.33 bits per heavy atom. The van der Waals surface area contributed by atoms with Crippen LogP contribution in [0, 0.1) is 6.92 Å². The van der Waals surface area contributed by atoms with Gasteiger partial charge in [-0.25, -0.2) is 4.98 Å². The van der Waals surface area contributed by atoms with Crippen LogP contribution in [0.5, 0.6) is 5.75 Å². The van der Waals surface area contributed by atoms with Crippen molar-refractivity contribution in [2.45, 2.75) is 13.8 Å². The quantitative estimate of drug-likeness (QED) is 0.661. The minimum absolute atomic E-state index is 0.685. The van der Waals surface area contributed by atoms with Gasteiger partial charge in [0.15, 0.2) is 0 Å². The largest absolute Gasteiger partial charge is 0.494 e. The van der Waals surface area contributed by atoms with Crippen LogP contribution in [0.3, 0.4) is 0 Å². The highest BCUT2D eigenvalue weighted by Gasteiger charge is 2.13. The molecule has 3 rings (SSSR count). The molecule has 0 saturated carbocycles. The van der Waals surface area contributed by atoms with Crippen molar-refractivity contribution in [1.29, 1.82) is 0 Å². The molecule has 106 valence electrons. The Morgan fingerprint density at radius 1 is 0.952 bits per heavy atom. The predicted molar refractivity (Wildman–Crippen MR) is 88.9 cm³/mol. The van der Waals surface area contributed by atoms with Crippen LogP contribution < -0.4 is 4.74 Å². The molecule has 0 radical (unpaired) electrons. The van der Waals surface area contributed by atoms with Crippen molar-refractivity contribution in [3.05, 3.63) is 59.6 Å². The number of rotatable bonds is 4. The highest BCUT2D eigenvalue weighted by molar-refractivity contribution is 7.15.